The molecule has 2 atom stereocenters. The van der Waals surface area contributed by atoms with Crippen molar-refractivity contribution in [3.05, 3.63) is 65.9 Å². The van der Waals surface area contributed by atoms with Crippen molar-refractivity contribution in [3.8, 4) is 0 Å². The summed E-state index contributed by atoms with van der Waals surface area (Å²) in [5.41, 5.74) is 1.88. The van der Waals surface area contributed by atoms with Gasteiger partial charge in [-0.15, -0.1) is 0 Å². The first kappa shape index (κ1) is 23.8. The highest BCUT2D eigenvalue weighted by molar-refractivity contribution is 6.67. The van der Waals surface area contributed by atoms with Crippen molar-refractivity contribution < 1.29 is 14.6 Å². The van der Waals surface area contributed by atoms with E-state index < -0.39 is 16.0 Å². The monoisotopic (exact) mass is 457 g/mol. The molecule has 158 valence electrons. The number of amides is 1. The largest absolute Gasteiger partial charge is 0.445 e. The molecule has 29 heavy (non-hydrogen) atoms. The van der Waals surface area contributed by atoms with E-state index >= 15 is 0 Å². The quantitative estimate of drug-likeness (QED) is 0.304. The third kappa shape index (κ3) is 8.83. The third-order valence-electron chi connectivity index (χ3n) is 4.48. The van der Waals surface area contributed by atoms with Gasteiger partial charge in [0.1, 0.15) is 6.61 Å². The Kier molecular flexibility index (Phi) is 9.57. The number of hydrogen-bond donors (Lipinski definition) is 1. The SMILES string of the molecule is C[C@H]1CN(C(=O)OCC(Cl)(Cl)Cl)C(CCC/C=C/C=C/c2ccccc2)=CC1O. The lowest BCUT2D eigenvalue weighted by atomic mass is 9.97. The Bertz CT molecular complexity index is 741. The zero-order valence-corrected chi connectivity index (χ0v) is 18.6. The van der Waals surface area contributed by atoms with Gasteiger partial charge in [-0.1, -0.05) is 96.4 Å². The van der Waals surface area contributed by atoms with E-state index in [2.05, 4.69) is 6.08 Å². The van der Waals surface area contributed by atoms with Crippen LogP contribution in [0.15, 0.2) is 60.3 Å². The Balaban J connectivity index is 1.85. The molecular formula is C22H26Cl3NO3. The molecule has 0 aromatic heterocycles. The van der Waals surface area contributed by atoms with Crippen molar-refractivity contribution in [2.24, 2.45) is 5.92 Å². The Morgan fingerprint density at radius 2 is 2.00 bits per heavy atom. The number of unbranched alkanes of at least 4 members (excludes halogenated alkanes) is 1. The average molecular weight is 459 g/mol. The lowest BCUT2D eigenvalue weighted by Gasteiger charge is -2.34. The van der Waals surface area contributed by atoms with Crippen molar-refractivity contribution in [3.63, 3.8) is 0 Å². The van der Waals surface area contributed by atoms with Gasteiger partial charge in [-0.05, 0) is 30.9 Å². The van der Waals surface area contributed by atoms with Crippen molar-refractivity contribution in [1.29, 1.82) is 0 Å². The molecule has 0 fully saturated rings. The van der Waals surface area contributed by atoms with Gasteiger partial charge in [0.05, 0.1) is 6.10 Å². The number of hydrogen-bond acceptors (Lipinski definition) is 3. The van der Waals surface area contributed by atoms with Crippen molar-refractivity contribution in [2.45, 2.75) is 36.1 Å². The first-order valence-corrected chi connectivity index (χ1v) is 10.7. The van der Waals surface area contributed by atoms with Crippen molar-refractivity contribution >= 4 is 47.0 Å². The molecule has 0 bridgehead atoms. The summed E-state index contributed by atoms with van der Waals surface area (Å²) in [6, 6.07) is 10.1. The minimum Gasteiger partial charge on any atom is -0.445 e. The molecule has 1 aromatic rings. The second-order valence-electron chi connectivity index (χ2n) is 7.00. The molecule has 1 aliphatic heterocycles. The molecule has 0 radical (unpaired) electrons. The zero-order chi connectivity index (χ0) is 21.3. The van der Waals surface area contributed by atoms with Gasteiger partial charge < -0.3 is 9.84 Å². The standard InChI is InChI=1S/C22H26Cl3NO3/c1-17-15-26(21(28)29-16-22(23,24)25)19(14-20(17)27)13-9-4-2-3-6-10-18-11-7-5-8-12-18/h2-3,5-8,10-12,14,17,20,27H,4,9,13,15-16H2,1H3/b3-2+,10-6+/t17-,20?/m0/s1. The Morgan fingerprint density at radius 3 is 2.69 bits per heavy atom. The summed E-state index contributed by atoms with van der Waals surface area (Å²) in [5, 5.41) is 10.1. The highest BCUT2D eigenvalue weighted by Crippen LogP contribution is 2.28. The summed E-state index contributed by atoms with van der Waals surface area (Å²) >= 11 is 17.0. The summed E-state index contributed by atoms with van der Waals surface area (Å²) in [6.07, 6.45) is 11.0. The molecule has 1 amide bonds. The van der Waals surface area contributed by atoms with Crippen molar-refractivity contribution in [2.75, 3.05) is 13.2 Å². The number of allylic oxidation sites excluding steroid dienone is 4. The molecule has 1 aliphatic rings. The lowest BCUT2D eigenvalue weighted by molar-refractivity contribution is 0.0807. The van der Waals surface area contributed by atoms with Crippen molar-refractivity contribution in [1.82, 2.24) is 4.90 Å². The summed E-state index contributed by atoms with van der Waals surface area (Å²) in [5.74, 6) is -0.0953. The zero-order valence-electron chi connectivity index (χ0n) is 16.3. The number of aliphatic hydroxyl groups is 1. The van der Waals surface area contributed by atoms with Crippen LogP contribution in [0, 0.1) is 5.92 Å². The van der Waals surface area contributed by atoms with E-state index in [0.717, 1.165) is 24.1 Å². The fourth-order valence-electron chi connectivity index (χ4n) is 2.90. The van der Waals surface area contributed by atoms with Crippen LogP contribution in [-0.2, 0) is 4.74 Å². The van der Waals surface area contributed by atoms with E-state index in [4.69, 9.17) is 39.5 Å². The highest BCUT2D eigenvalue weighted by atomic mass is 35.6. The molecule has 7 heteroatoms. The molecule has 1 N–H and O–H groups in total. The number of rotatable bonds is 7. The first-order valence-electron chi connectivity index (χ1n) is 9.54. The topological polar surface area (TPSA) is 49.8 Å². The maximum atomic E-state index is 12.4. The summed E-state index contributed by atoms with van der Waals surface area (Å²) < 4.78 is 3.45. The number of nitrogens with zero attached hydrogens (tertiary/aromatic N) is 1. The lowest BCUT2D eigenvalue weighted by Crippen LogP contribution is -2.42. The summed E-state index contributed by atoms with van der Waals surface area (Å²) in [4.78, 5) is 13.9. The predicted molar refractivity (Wildman–Crippen MR) is 120 cm³/mol. The van der Waals surface area contributed by atoms with Crippen LogP contribution in [0.25, 0.3) is 6.08 Å². The van der Waals surface area contributed by atoms with Gasteiger partial charge in [-0.2, -0.15) is 0 Å². The van der Waals surface area contributed by atoms with Crippen LogP contribution in [0.5, 0.6) is 0 Å². The molecular weight excluding hydrogens is 433 g/mol. The summed E-state index contributed by atoms with van der Waals surface area (Å²) in [6.45, 7) is 1.91. The number of carbonyl (C=O) groups excluding carboxylic acids is 1. The van der Waals surface area contributed by atoms with Crippen LogP contribution >= 0.6 is 34.8 Å². The number of halogens is 3. The van der Waals surface area contributed by atoms with Gasteiger partial charge >= 0.3 is 6.09 Å². The molecule has 1 heterocycles. The Hall–Kier alpha value is -1.46. The van der Waals surface area contributed by atoms with Crippen LogP contribution in [0.2, 0.25) is 0 Å². The van der Waals surface area contributed by atoms with Crippen LogP contribution in [0.1, 0.15) is 31.7 Å². The first-order chi connectivity index (χ1) is 13.8. The van der Waals surface area contributed by atoms with Gasteiger partial charge in [0.25, 0.3) is 0 Å². The van der Waals surface area contributed by atoms with E-state index in [0.29, 0.717) is 13.0 Å². The Labute approximate surface area is 187 Å². The highest BCUT2D eigenvalue weighted by Gasteiger charge is 2.31. The molecule has 0 saturated carbocycles. The Morgan fingerprint density at radius 1 is 1.28 bits per heavy atom. The van der Waals surface area contributed by atoms with Gasteiger partial charge in [0, 0.05) is 18.2 Å². The van der Waals surface area contributed by atoms with E-state index in [1.807, 2.05) is 55.5 Å². The van der Waals surface area contributed by atoms with Crippen LogP contribution in [-0.4, -0.2) is 39.1 Å². The van der Waals surface area contributed by atoms with Crippen LogP contribution < -0.4 is 0 Å². The fraction of sp³-hybridized carbons (Fsp3) is 0.409. The molecule has 0 saturated heterocycles. The normalized spacial score (nSPS) is 20.3. The summed E-state index contributed by atoms with van der Waals surface area (Å²) in [7, 11) is 0. The second kappa shape index (κ2) is 11.7. The maximum absolute atomic E-state index is 12.4. The molecule has 1 aromatic carbocycles. The van der Waals surface area contributed by atoms with E-state index in [9.17, 15) is 9.90 Å². The number of carbonyl (C=O) groups is 1. The molecule has 0 aliphatic carbocycles. The predicted octanol–water partition coefficient (Wildman–Crippen LogP) is 6.13. The molecule has 2 rings (SSSR count). The molecule has 0 spiro atoms. The van der Waals surface area contributed by atoms with E-state index in [1.54, 1.807) is 6.08 Å². The minimum atomic E-state index is -1.65. The second-order valence-corrected chi connectivity index (χ2v) is 9.51. The number of benzene rings is 1. The maximum Gasteiger partial charge on any atom is 0.414 e. The molecule has 4 nitrogen and oxygen atoms in total. The van der Waals surface area contributed by atoms with Gasteiger partial charge in [-0.3, -0.25) is 4.90 Å². The molecule has 1 unspecified atom stereocenters. The van der Waals surface area contributed by atoms with Crippen LogP contribution in [0.3, 0.4) is 0 Å². The number of ether oxygens (including phenoxy) is 1. The number of aliphatic hydroxyl groups excluding tert-OH is 1. The fourth-order valence-corrected chi connectivity index (χ4v) is 3.07. The number of alkyl halides is 3. The van der Waals surface area contributed by atoms with Crippen LogP contribution in [0.4, 0.5) is 4.79 Å². The van der Waals surface area contributed by atoms with E-state index in [1.165, 1.54) is 4.90 Å². The van der Waals surface area contributed by atoms with E-state index in [-0.39, 0.29) is 12.5 Å². The smallest absolute Gasteiger partial charge is 0.414 e. The van der Waals surface area contributed by atoms with Gasteiger partial charge in [0.15, 0.2) is 0 Å². The van der Waals surface area contributed by atoms with Gasteiger partial charge in [-0.25, -0.2) is 4.79 Å². The third-order valence-corrected chi connectivity index (χ3v) is 4.81. The van der Waals surface area contributed by atoms with Gasteiger partial charge in [0.2, 0.25) is 3.79 Å². The minimum absolute atomic E-state index is 0.0953. The average Bonchev–Trinajstić information content (AvgIpc) is 2.68.